The fourth-order valence-electron chi connectivity index (χ4n) is 2.51. The van der Waals surface area contributed by atoms with Crippen molar-refractivity contribution in [2.45, 2.75) is 45.1 Å². The average molecular weight is 228 g/mol. The molecule has 0 saturated heterocycles. The van der Waals surface area contributed by atoms with Crippen molar-refractivity contribution in [2.24, 2.45) is 17.6 Å². The molecule has 0 aromatic carbocycles. The summed E-state index contributed by atoms with van der Waals surface area (Å²) in [6.07, 6.45) is 4.65. The number of amides is 1. The van der Waals surface area contributed by atoms with E-state index in [-0.39, 0.29) is 24.5 Å². The van der Waals surface area contributed by atoms with Crippen molar-refractivity contribution in [3.8, 4) is 0 Å². The number of hydrogen-bond donors (Lipinski definition) is 3. The van der Waals surface area contributed by atoms with E-state index in [2.05, 4.69) is 5.32 Å². The highest BCUT2D eigenvalue weighted by Gasteiger charge is 2.32. The van der Waals surface area contributed by atoms with Crippen LogP contribution >= 0.6 is 0 Å². The summed E-state index contributed by atoms with van der Waals surface area (Å²) in [7, 11) is 0. The highest BCUT2D eigenvalue weighted by Crippen LogP contribution is 2.31. The van der Waals surface area contributed by atoms with Gasteiger partial charge in [0.25, 0.3) is 0 Å². The van der Waals surface area contributed by atoms with Gasteiger partial charge in [0.2, 0.25) is 5.91 Å². The largest absolute Gasteiger partial charge is 0.396 e. The van der Waals surface area contributed by atoms with E-state index in [1.165, 1.54) is 0 Å². The van der Waals surface area contributed by atoms with Gasteiger partial charge in [-0.15, -0.1) is 0 Å². The molecule has 1 aliphatic rings. The maximum Gasteiger partial charge on any atom is 0.223 e. The fraction of sp³-hybridized carbons (Fsp3) is 0.917. The van der Waals surface area contributed by atoms with Gasteiger partial charge in [0.05, 0.1) is 0 Å². The molecule has 1 fully saturated rings. The molecule has 1 rings (SSSR count). The number of rotatable bonds is 6. The van der Waals surface area contributed by atoms with Crippen LogP contribution in [-0.2, 0) is 4.79 Å². The predicted octanol–water partition coefficient (Wildman–Crippen LogP) is 0.639. The predicted molar refractivity (Wildman–Crippen MR) is 63.8 cm³/mol. The SMILES string of the molecule is CCC(CCO)NC(=O)C1CCCC1CN. The van der Waals surface area contributed by atoms with Crippen LogP contribution in [0.15, 0.2) is 0 Å². The van der Waals surface area contributed by atoms with Gasteiger partial charge in [-0.2, -0.15) is 0 Å². The number of carbonyl (C=O) groups excluding carboxylic acids is 1. The summed E-state index contributed by atoms with van der Waals surface area (Å²) in [5, 5.41) is 11.9. The van der Waals surface area contributed by atoms with E-state index in [0.29, 0.717) is 18.9 Å². The second kappa shape index (κ2) is 6.86. The molecule has 0 heterocycles. The third-order valence-corrected chi connectivity index (χ3v) is 3.62. The summed E-state index contributed by atoms with van der Waals surface area (Å²) in [5.74, 6) is 0.581. The van der Waals surface area contributed by atoms with Crippen molar-refractivity contribution >= 4 is 5.91 Å². The molecule has 94 valence electrons. The summed E-state index contributed by atoms with van der Waals surface area (Å²) in [5.41, 5.74) is 5.66. The molecule has 3 unspecified atom stereocenters. The lowest BCUT2D eigenvalue weighted by Gasteiger charge is -2.22. The van der Waals surface area contributed by atoms with Crippen molar-refractivity contribution < 1.29 is 9.90 Å². The van der Waals surface area contributed by atoms with Gasteiger partial charge in [-0.3, -0.25) is 4.79 Å². The van der Waals surface area contributed by atoms with E-state index in [4.69, 9.17) is 10.8 Å². The van der Waals surface area contributed by atoms with E-state index >= 15 is 0 Å². The molecule has 4 N–H and O–H groups in total. The smallest absolute Gasteiger partial charge is 0.223 e. The van der Waals surface area contributed by atoms with Crippen LogP contribution in [0, 0.1) is 11.8 Å². The topological polar surface area (TPSA) is 75.3 Å². The van der Waals surface area contributed by atoms with Crippen LogP contribution in [0.2, 0.25) is 0 Å². The van der Waals surface area contributed by atoms with Gasteiger partial charge in [-0.25, -0.2) is 0 Å². The highest BCUT2D eigenvalue weighted by atomic mass is 16.3. The molecular weight excluding hydrogens is 204 g/mol. The van der Waals surface area contributed by atoms with Crippen molar-refractivity contribution in [1.29, 1.82) is 0 Å². The highest BCUT2D eigenvalue weighted by molar-refractivity contribution is 5.79. The fourth-order valence-corrected chi connectivity index (χ4v) is 2.51. The minimum Gasteiger partial charge on any atom is -0.396 e. The second-order valence-corrected chi connectivity index (χ2v) is 4.66. The second-order valence-electron chi connectivity index (χ2n) is 4.66. The standard InChI is InChI=1S/C12H24N2O2/c1-2-10(6-7-15)14-12(16)11-5-3-4-9(11)8-13/h9-11,15H,2-8,13H2,1H3,(H,14,16). The number of nitrogens with one attached hydrogen (secondary N) is 1. The van der Waals surface area contributed by atoms with Gasteiger partial charge in [0.1, 0.15) is 0 Å². The molecule has 4 nitrogen and oxygen atoms in total. The first-order valence-corrected chi connectivity index (χ1v) is 6.34. The van der Waals surface area contributed by atoms with E-state index in [1.807, 2.05) is 6.92 Å². The molecule has 1 amide bonds. The van der Waals surface area contributed by atoms with Gasteiger partial charge < -0.3 is 16.2 Å². The van der Waals surface area contributed by atoms with Gasteiger partial charge in [-0.05, 0) is 38.1 Å². The molecule has 0 spiro atoms. The molecule has 0 bridgehead atoms. The first-order valence-electron chi connectivity index (χ1n) is 6.34. The Morgan fingerprint density at radius 2 is 2.31 bits per heavy atom. The van der Waals surface area contributed by atoms with E-state index in [1.54, 1.807) is 0 Å². The summed E-state index contributed by atoms with van der Waals surface area (Å²) in [4.78, 5) is 12.0. The average Bonchev–Trinajstić information content (AvgIpc) is 2.76. The van der Waals surface area contributed by atoms with Crippen LogP contribution in [0.25, 0.3) is 0 Å². The van der Waals surface area contributed by atoms with Gasteiger partial charge in [0.15, 0.2) is 0 Å². The Labute approximate surface area is 97.6 Å². The van der Waals surface area contributed by atoms with E-state index in [0.717, 1.165) is 25.7 Å². The zero-order valence-electron chi connectivity index (χ0n) is 10.1. The Morgan fingerprint density at radius 3 is 2.88 bits per heavy atom. The molecule has 4 heteroatoms. The first-order chi connectivity index (χ1) is 7.72. The molecule has 0 aliphatic heterocycles. The van der Waals surface area contributed by atoms with Crippen LogP contribution < -0.4 is 11.1 Å². The number of nitrogens with two attached hydrogens (primary N) is 1. The summed E-state index contributed by atoms with van der Waals surface area (Å²) >= 11 is 0. The molecule has 1 aliphatic carbocycles. The maximum atomic E-state index is 12.0. The molecule has 0 aromatic rings. The Bertz CT molecular complexity index is 221. The summed E-state index contributed by atoms with van der Waals surface area (Å²) < 4.78 is 0. The van der Waals surface area contributed by atoms with Gasteiger partial charge >= 0.3 is 0 Å². The zero-order chi connectivity index (χ0) is 12.0. The van der Waals surface area contributed by atoms with Gasteiger partial charge in [-0.1, -0.05) is 13.3 Å². The lowest BCUT2D eigenvalue weighted by molar-refractivity contribution is -0.126. The molecule has 1 saturated carbocycles. The zero-order valence-corrected chi connectivity index (χ0v) is 10.1. The molecule has 0 radical (unpaired) electrons. The van der Waals surface area contributed by atoms with Crippen molar-refractivity contribution in [2.75, 3.05) is 13.2 Å². The third kappa shape index (κ3) is 3.46. The van der Waals surface area contributed by atoms with Crippen LogP contribution in [0.5, 0.6) is 0 Å². The third-order valence-electron chi connectivity index (χ3n) is 3.62. The Kier molecular flexibility index (Phi) is 5.77. The normalized spacial score (nSPS) is 26.7. The van der Waals surface area contributed by atoms with Crippen LogP contribution in [0.3, 0.4) is 0 Å². The lowest BCUT2D eigenvalue weighted by atomic mass is 9.95. The first kappa shape index (κ1) is 13.5. The number of aliphatic hydroxyl groups excluding tert-OH is 1. The Balaban J connectivity index is 2.43. The minimum atomic E-state index is 0.0951. The van der Waals surface area contributed by atoms with E-state index < -0.39 is 0 Å². The number of carbonyl (C=O) groups is 1. The maximum absolute atomic E-state index is 12.0. The lowest BCUT2D eigenvalue weighted by Crippen LogP contribution is -2.41. The van der Waals surface area contributed by atoms with Crippen molar-refractivity contribution in [1.82, 2.24) is 5.32 Å². The number of hydrogen-bond acceptors (Lipinski definition) is 3. The van der Waals surface area contributed by atoms with Crippen LogP contribution in [0.1, 0.15) is 39.0 Å². The molecule has 16 heavy (non-hydrogen) atoms. The van der Waals surface area contributed by atoms with Crippen LogP contribution in [-0.4, -0.2) is 30.2 Å². The minimum absolute atomic E-state index is 0.0951. The van der Waals surface area contributed by atoms with Crippen molar-refractivity contribution in [3.63, 3.8) is 0 Å². The summed E-state index contributed by atoms with van der Waals surface area (Å²) in [6, 6.07) is 0.108. The monoisotopic (exact) mass is 228 g/mol. The summed E-state index contributed by atoms with van der Waals surface area (Å²) in [6.45, 7) is 2.76. The molecule has 0 aromatic heterocycles. The molecule has 3 atom stereocenters. The quantitative estimate of drug-likeness (QED) is 0.624. The van der Waals surface area contributed by atoms with Crippen LogP contribution in [0.4, 0.5) is 0 Å². The Morgan fingerprint density at radius 1 is 1.56 bits per heavy atom. The number of aliphatic hydroxyl groups is 1. The molecular formula is C12H24N2O2. The van der Waals surface area contributed by atoms with Gasteiger partial charge in [0, 0.05) is 18.6 Å². The van der Waals surface area contributed by atoms with Crippen molar-refractivity contribution in [3.05, 3.63) is 0 Å². The van der Waals surface area contributed by atoms with E-state index in [9.17, 15) is 4.79 Å². The Hall–Kier alpha value is -0.610.